The maximum absolute atomic E-state index is 13.2. The molecule has 4 rings (SSSR count). The molecule has 1 saturated carbocycles. The fraction of sp³-hybridized carbons (Fsp3) is 0.500. The summed E-state index contributed by atoms with van der Waals surface area (Å²) in [7, 11) is 0. The Morgan fingerprint density at radius 2 is 2.29 bits per heavy atom. The molecule has 2 fully saturated rings. The van der Waals surface area contributed by atoms with Crippen molar-refractivity contribution in [2.75, 3.05) is 6.54 Å². The Morgan fingerprint density at radius 1 is 1.33 bits per heavy atom. The molecule has 21 heavy (non-hydrogen) atoms. The van der Waals surface area contributed by atoms with E-state index in [9.17, 15) is 4.39 Å². The summed E-state index contributed by atoms with van der Waals surface area (Å²) in [5, 5.41) is 7.56. The average molecular weight is 287 g/mol. The molecule has 0 radical (unpaired) electrons. The monoisotopic (exact) mass is 287 g/mol. The van der Waals surface area contributed by atoms with Gasteiger partial charge in [0.05, 0.1) is 6.04 Å². The molecule has 0 spiro atoms. The molecule has 3 atom stereocenters. The number of aromatic nitrogens is 2. The van der Waals surface area contributed by atoms with E-state index in [1.54, 1.807) is 6.07 Å². The first-order chi connectivity index (χ1) is 10.3. The van der Waals surface area contributed by atoms with Gasteiger partial charge in [0, 0.05) is 6.42 Å². The number of halogens is 1. The summed E-state index contributed by atoms with van der Waals surface area (Å²) in [6, 6.07) is 6.73. The Balaban J connectivity index is 1.51. The summed E-state index contributed by atoms with van der Waals surface area (Å²) >= 11 is 0. The number of hydrogen-bond acceptors (Lipinski definition) is 4. The Labute approximate surface area is 122 Å². The van der Waals surface area contributed by atoms with Gasteiger partial charge >= 0.3 is 0 Å². The van der Waals surface area contributed by atoms with Crippen LogP contribution in [0, 0.1) is 17.7 Å². The summed E-state index contributed by atoms with van der Waals surface area (Å²) in [4.78, 5) is 4.51. The van der Waals surface area contributed by atoms with E-state index in [4.69, 9.17) is 4.52 Å². The fourth-order valence-corrected chi connectivity index (χ4v) is 3.75. The minimum Gasteiger partial charge on any atom is -0.338 e. The molecular weight excluding hydrogens is 269 g/mol. The summed E-state index contributed by atoms with van der Waals surface area (Å²) < 4.78 is 18.6. The van der Waals surface area contributed by atoms with Gasteiger partial charge in [-0.15, -0.1) is 0 Å². The molecule has 1 N–H and O–H groups in total. The number of benzene rings is 1. The third-order valence-electron chi connectivity index (χ3n) is 4.75. The van der Waals surface area contributed by atoms with Gasteiger partial charge in [-0.1, -0.05) is 23.7 Å². The zero-order valence-corrected chi connectivity index (χ0v) is 11.8. The maximum Gasteiger partial charge on any atom is 0.244 e. The summed E-state index contributed by atoms with van der Waals surface area (Å²) in [5.41, 5.74) is 0.862. The van der Waals surface area contributed by atoms with E-state index < -0.39 is 0 Å². The maximum atomic E-state index is 13.2. The van der Waals surface area contributed by atoms with Crippen molar-refractivity contribution in [3.05, 3.63) is 47.4 Å². The number of nitrogens with zero attached hydrogens (tertiary/aromatic N) is 2. The smallest absolute Gasteiger partial charge is 0.244 e. The van der Waals surface area contributed by atoms with Gasteiger partial charge in [0.15, 0.2) is 5.82 Å². The van der Waals surface area contributed by atoms with Gasteiger partial charge in [0.1, 0.15) is 5.82 Å². The number of nitrogens with one attached hydrogen (secondary N) is 1. The van der Waals surface area contributed by atoms with Gasteiger partial charge < -0.3 is 9.84 Å². The topological polar surface area (TPSA) is 51.0 Å². The van der Waals surface area contributed by atoms with Crippen LogP contribution in [0.3, 0.4) is 0 Å². The first-order valence-corrected chi connectivity index (χ1v) is 7.60. The lowest BCUT2D eigenvalue weighted by atomic mass is 9.94. The molecule has 1 aliphatic heterocycles. The molecule has 5 heteroatoms. The minimum atomic E-state index is -0.234. The largest absolute Gasteiger partial charge is 0.338 e. The van der Waals surface area contributed by atoms with E-state index in [1.807, 2.05) is 6.07 Å². The van der Waals surface area contributed by atoms with Crippen LogP contribution in [0.25, 0.3) is 0 Å². The molecule has 2 aliphatic rings. The summed E-state index contributed by atoms with van der Waals surface area (Å²) in [6.07, 6.45) is 4.35. The van der Waals surface area contributed by atoms with Crippen LogP contribution in [0.1, 0.15) is 42.6 Å². The van der Waals surface area contributed by atoms with E-state index in [-0.39, 0.29) is 11.9 Å². The van der Waals surface area contributed by atoms with E-state index >= 15 is 0 Å². The molecule has 110 valence electrons. The van der Waals surface area contributed by atoms with Gasteiger partial charge in [0.25, 0.3) is 0 Å². The second kappa shape index (κ2) is 5.22. The van der Waals surface area contributed by atoms with Gasteiger partial charge in [-0.25, -0.2) is 4.39 Å². The van der Waals surface area contributed by atoms with Crippen molar-refractivity contribution in [1.29, 1.82) is 0 Å². The second-order valence-electron chi connectivity index (χ2n) is 6.10. The quantitative estimate of drug-likeness (QED) is 0.943. The third-order valence-corrected chi connectivity index (χ3v) is 4.75. The van der Waals surface area contributed by atoms with Gasteiger partial charge in [-0.2, -0.15) is 4.98 Å². The van der Waals surface area contributed by atoms with Crippen LogP contribution in [0.2, 0.25) is 0 Å². The normalized spacial score (nSPS) is 28.0. The Bertz CT molecular complexity index is 642. The molecule has 3 unspecified atom stereocenters. The standard InChI is InChI=1S/C16H18FN3O/c17-12-5-1-3-10(7-12)8-14-19-16(21-20-14)15-13-6-2-4-11(13)9-18-15/h1,3,5,7,11,13,15,18H,2,4,6,8-9H2. The zero-order chi connectivity index (χ0) is 14.2. The second-order valence-corrected chi connectivity index (χ2v) is 6.10. The van der Waals surface area contributed by atoms with E-state index in [0.717, 1.165) is 18.0 Å². The Kier molecular flexibility index (Phi) is 3.22. The van der Waals surface area contributed by atoms with Crippen molar-refractivity contribution in [3.8, 4) is 0 Å². The van der Waals surface area contributed by atoms with E-state index in [2.05, 4.69) is 15.5 Å². The van der Waals surface area contributed by atoms with Crippen molar-refractivity contribution >= 4 is 0 Å². The number of rotatable bonds is 3. The van der Waals surface area contributed by atoms with Gasteiger partial charge in [-0.05, 0) is 48.9 Å². The molecule has 1 aromatic heterocycles. The molecular formula is C16H18FN3O. The first kappa shape index (κ1) is 13.0. The highest BCUT2D eigenvalue weighted by Crippen LogP contribution is 2.43. The van der Waals surface area contributed by atoms with Crippen LogP contribution in [0.15, 0.2) is 28.8 Å². The number of hydrogen-bond donors (Lipinski definition) is 1. The lowest BCUT2D eigenvalue weighted by molar-refractivity contribution is 0.301. The molecule has 0 bridgehead atoms. The Morgan fingerprint density at radius 3 is 3.19 bits per heavy atom. The van der Waals surface area contributed by atoms with Crippen LogP contribution in [0.5, 0.6) is 0 Å². The third kappa shape index (κ3) is 2.46. The van der Waals surface area contributed by atoms with Gasteiger partial charge in [-0.3, -0.25) is 0 Å². The molecule has 0 amide bonds. The van der Waals surface area contributed by atoms with Crippen LogP contribution in [0.4, 0.5) is 4.39 Å². The van der Waals surface area contributed by atoms with Gasteiger partial charge in [0.2, 0.25) is 5.89 Å². The van der Waals surface area contributed by atoms with Crippen molar-refractivity contribution in [3.63, 3.8) is 0 Å². The highest BCUT2D eigenvalue weighted by molar-refractivity contribution is 5.20. The highest BCUT2D eigenvalue weighted by Gasteiger charge is 2.42. The summed E-state index contributed by atoms with van der Waals surface area (Å²) in [5.74, 6) is 2.47. The minimum absolute atomic E-state index is 0.200. The SMILES string of the molecule is Fc1cccc(Cc2noc(C3NCC4CCCC43)n2)c1. The molecule has 2 aromatic rings. The highest BCUT2D eigenvalue weighted by atomic mass is 19.1. The zero-order valence-electron chi connectivity index (χ0n) is 11.8. The molecule has 2 heterocycles. The molecule has 1 aromatic carbocycles. The Hall–Kier alpha value is -1.75. The van der Waals surface area contributed by atoms with Crippen LogP contribution < -0.4 is 5.32 Å². The molecule has 1 aliphatic carbocycles. The van der Waals surface area contributed by atoms with E-state index in [0.29, 0.717) is 24.1 Å². The van der Waals surface area contributed by atoms with Crippen molar-refractivity contribution in [2.24, 2.45) is 11.8 Å². The molecule has 1 saturated heterocycles. The number of fused-ring (bicyclic) bond motifs is 1. The molecule has 4 nitrogen and oxygen atoms in total. The van der Waals surface area contributed by atoms with Crippen LogP contribution >= 0.6 is 0 Å². The van der Waals surface area contributed by atoms with Crippen LogP contribution in [-0.2, 0) is 6.42 Å². The first-order valence-electron chi connectivity index (χ1n) is 7.60. The van der Waals surface area contributed by atoms with Crippen LogP contribution in [-0.4, -0.2) is 16.7 Å². The van der Waals surface area contributed by atoms with Crippen molar-refractivity contribution in [2.45, 2.75) is 31.7 Å². The fourth-order valence-electron chi connectivity index (χ4n) is 3.75. The predicted octanol–water partition coefficient (Wildman–Crippen LogP) is 2.86. The van der Waals surface area contributed by atoms with Crippen molar-refractivity contribution < 1.29 is 8.91 Å². The van der Waals surface area contributed by atoms with E-state index in [1.165, 1.54) is 31.4 Å². The lowest BCUT2D eigenvalue weighted by Crippen LogP contribution is -2.18. The predicted molar refractivity (Wildman–Crippen MR) is 75.1 cm³/mol. The summed E-state index contributed by atoms with van der Waals surface area (Å²) in [6.45, 7) is 1.05. The lowest BCUT2D eigenvalue weighted by Gasteiger charge is -2.13. The van der Waals surface area contributed by atoms with Crippen molar-refractivity contribution in [1.82, 2.24) is 15.5 Å². The average Bonchev–Trinajstić information content (AvgIpc) is 3.14.